The average Bonchev–Trinajstić information content (AvgIpc) is 2.61. The second-order valence-electron chi connectivity index (χ2n) is 5.22. The molecule has 3 rings (SSSR count). The Morgan fingerprint density at radius 1 is 1.21 bits per heavy atom. The van der Waals surface area contributed by atoms with Crippen LogP contribution in [0.1, 0.15) is 18.1 Å². The molecule has 2 aromatic carbocycles. The molecule has 0 spiro atoms. The van der Waals surface area contributed by atoms with E-state index in [0.717, 1.165) is 34.4 Å². The first kappa shape index (κ1) is 17.6. The third-order valence-corrected chi connectivity index (χ3v) is 3.80. The minimum atomic E-state index is 0. The molecule has 0 aliphatic heterocycles. The molecule has 1 N–H and O–H groups in total. The van der Waals surface area contributed by atoms with E-state index in [4.69, 9.17) is 4.74 Å². The van der Waals surface area contributed by atoms with E-state index in [1.165, 1.54) is 5.56 Å². The number of hydrogen-bond acceptors (Lipinski definition) is 4. The lowest BCUT2D eigenvalue weighted by atomic mass is 10.1. The summed E-state index contributed by atoms with van der Waals surface area (Å²) in [6.45, 7) is 2.12. The summed E-state index contributed by atoms with van der Waals surface area (Å²) in [4.78, 5) is 4.35. The van der Waals surface area contributed by atoms with Crippen molar-refractivity contribution in [1.82, 2.24) is 4.98 Å². The van der Waals surface area contributed by atoms with Gasteiger partial charge in [-0.2, -0.15) is 5.26 Å². The summed E-state index contributed by atoms with van der Waals surface area (Å²) >= 11 is 0. The van der Waals surface area contributed by atoms with Crippen molar-refractivity contribution in [2.45, 2.75) is 13.3 Å². The summed E-state index contributed by atoms with van der Waals surface area (Å²) in [6.07, 6.45) is 2.56. The molecule has 0 radical (unpaired) electrons. The Morgan fingerprint density at radius 2 is 2.04 bits per heavy atom. The van der Waals surface area contributed by atoms with E-state index in [1.807, 2.05) is 30.3 Å². The van der Waals surface area contributed by atoms with Crippen LogP contribution in [0.5, 0.6) is 5.75 Å². The van der Waals surface area contributed by atoms with E-state index >= 15 is 0 Å². The first-order valence-electron chi connectivity index (χ1n) is 7.48. The molecule has 3 aromatic rings. The van der Waals surface area contributed by atoms with Crippen LogP contribution in [0, 0.1) is 11.3 Å². The number of methoxy groups -OCH3 is 1. The van der Waals surface area contributed by atoms with Gasteiger partial charge in [0.05, 0.1) is 23.9 Å². The minimum absolute atomic E-state index is 0. The van der Waals surface area contributed by atoms with Crippen molar-refractivity contribution >= 4 is 34.7 Å². The highest BCUT2D eigenvalue weighted by Gasteiger charge is 2.10. The van der Waals surface area contributed by atoms with Crippen LogP contribution >= 0.6 is 12.4 Å². The Labute approximate surface area is 147 Å². The number of nitrogens with one attached hydrogen (secondary N) is 1. The number of nitrogens with zero attached hydrogens (tertiary/aromatic N) is 2. The molecule has 0 atom stereocenters. The largest absolute Gasteiger partial charge is 0.497 e. The molecule has 24 heavy (non-hydrogen) atoms. The maximum Gasteiger partial charge on any atom is 0.121 e. The van der Waals surface area contributed by atoms with Crippen LogP contribution in [0.15, 0.2) is 48.7 Å². The molecule has 0 aliphatic carbocycles. The summed E-state index contributed by atoms with van der Waals surface area (Å²) in [5.74, 6) is 0.744. The lowest BCUT2D eigenvalue weighted by Crippen LogP contribution is -1.97. The number of aryl methyl sites for hydroxylation is 1. The smallest absolute Gasteiger partial charge is 0.121 e. The Morgan fingerprint density at radius 3 is 2.75 bits per heavy atom. The summed E-state index contributed by atoms with van der Waals surface area (Å²) in [5.41, 5.74) is 4.29. The number of halogens is 1. The highest BCUT2D eigenvalue weighted by Crippen LogP contribution is 2.31. The predicted octanol–water partition coefficient (Wildman–Crippen LogP) is 4.84. The normalized spacial score (nSPS) is 9.88. The maximum atomic E-state index is 9.40. The number of fused-ring (bicyclic) bond motifs is 1. The summed E-state index contributed by atoms with van der Waals surface area (Å²) < 4.78 is 5.24. The highest BCUT2D eigenvalue weighted by molar-refractivity contribution is 5.96. The first-order chi connectivity index (χ1) is 11.2. The van der Waals surface area contributed by atoms with Crippen LogP contribution in [0.3, 0.4) is 0 Å². The molecule has 122 valence electrons. The van der Waals surface area contributed by atoms with Gasteiger partial charge in [-0.25, -0.2) is 0 Å². The number of ether oxygens (including phenoxy) is 1. The van der Waals surface area contributed by atoms with Crippen LogP contribution in [0.25, 0.3) is 10.9 Å². The van der Waals surface area contributed by atoms with E-state index < -0.39 is 0 Å². The van der Waals surface area contributed by atoms with Crippen LogP contribution in [-0.2, 0) is 6.42 Å². The SMILES string of the molecule is CCc1cccc(Nc2c(C#N)cnc3cc(OC)ccc23)c1.Cl. The predicted molar refractivity (Wildman–Crippen MR) is 99.4 cm³/mol. The number of aromatic nitrogens is 1. The Balaban J connectivity index is 0.00000208. The van der Waals surface area contributed by atoms with E-state index in [-0.39, 0.29) is 12.4 Å². The molecule has 0 saturated carbocycles. The van der Waals surface area contributed by atoms with Crippen LogP contribution in [0.2, 0.25) is 0 Å². The first-order valence-corrected chi connectivity index (χ1v) is 7.48. The van der Waals surface area contributed by atoms with Crippen molar-refractivity contribution in [3.05, 3.63) is 59.8 Å². The molecule has 0 fully saturated rings. The molecular weight excluding hydrogens is 322 g/mol. The molecular formula is C19H18ClN3O. The monoisotopic (exact) mass is 339 g/mol. The molecule has 0 saturated heterocycles. The van der Waals surface area contributed by atoms with Crippen molar-refractivity contribution in [3.63, 3.8) is 0 Å². The molecule has 0 aliphatic rings. The molecule has 0 bridgehead atoms. The van der Waals surface area contributed by atoms with Crippen molar-refractivity contribution in [1.29, 1.82) is 5.26 Å². The van der Waals surface area contributed by atoms with Gasteiger partial charge in [0, 0.05) is 23.3 Å². The Hall–Kier alpha value is -2.77. The van der Waals surface area contributed by atoms with Gasteiger partial charge in [0.1, 0.15) is 11.8 Å². The lowest BCUT2D eigenvalue weighted by Gasteiger charge is -2.13. The number of benzene rings is 2. The number of rotatable bonds is 4. The summed E-state index contributed by atoms with van der Waals surface area (Å²) in [6, 6.07) is 16.1. The lowest BCUT2D eigenvalue weighted by molar-refractivity contribution is 0.415. The third kappa shape index (κ3) is 3.42. The van der Waals surface area contributed by atoms with Gasteiger partial charge in [-0.05, 0) is 36.2 Å². The number of hydrogen-bond donors (Lipinski definition) is 1. The van der Waals surface area contributed by atoms with Gasteiger partial charge >= 0.3 is 0 Å². The standard InChI is InChI=1S/C19H17N3O.ClH/c1-3-13-5-4-6-15(9-13)22-19-14(11-20)12-21-18-10-16(23-2)7-8-17(18)19;/h4-10,12H,3H2,1-2H3,(H,21,22);1H. The second-order valence-corrected chi connectivity index (χ2v) is 5.22. The average molecular weight is 340 g/mol. The minimum Gasteiger partial charge on any atom is -0.497 e. The zero-order valence-corrected chi connectivity index (χ0v) is 14.4. The Kier molecular flexibility index (Phi) is 5.62. The molecule has 0 amide bonds. The zero-order valence-electron chi connectivity index (χ0n) is 13.5. The van der Waals surface area contributed by atoms with Gasteiger partial charge in [-0.15, -0.1) is 12.4 Å². The molecule has 5 heteroatoms. The van der Waals surface area contributed by atoms with Gasteiger partial charge in [-0.3, -0.25) is 4.98 Å². The fraction of sp³-hybridized carbons (Fsp3) is 0.158. The summed E-state index contributed by atoms with van der Waals surface area (Å²) in [7, 11) is 1.63. The zero-order chi connectivity index (χ0) is 16.2. The summed E-state index contributed by atoms with van der Waals surface area (Å²) in [5, 5.41) is 13.7. The van der Waals surface area contributed by atoms with Crippen molar-refractivity contribution in [3.8, 4) is 11.8 Å². The number of anilines is 2. The fourth-order valence-electron chi connectivity index (χ4n) is 2.53. The van der Waals surface area contributed by atoms with E-state index in [2.05, 4.69) is 35.4 Å². The molecule has 1 heterocycles. The number of nitriles is 1. The third-order valence-electron chi connectivity index (χ3n) is 3.80. The van der Waals surface area contributed by atoms with E-state index in [1.54, 1.807) is 13.3 Å². The van der Waals surface area contributed by atoms with Gasteiger partial charge < -0.3 is 10.1 Å². The topological polar surface area (TPSA) is 57.9 Å². The van der Waals surface area contributed by atoms with Gasteiger partial charge in [0.15, 0.2) is 0 Å². The van der Waals surface area contributed by atoms with E-state index in [0.29, 0.717) is 5.56 Å². The van der Waals surface area contributed by atoms with Gasteiger partial charge in [0.2, 0.25) is 0 Å². The maximum absolute atomic E-state index is 9.40. The number of pyridine rings is 1. The fourth-order valence-corrected chi connectivity index (χ4v) is 2.53. The van der Waals surface area contributed by atoms with Crippen molar-refractivity contribution in [2.24, 2.45) is 0 Å². The van der Waals surface area contributed by atoms with Gasteiger partial charge in [-0.1, -0.05) is 19.1 Å². The van der Waals surface area contributed by atoms with Crippen molar-refractivity contribution in [2.75, 3.05) is 12.4 Å². The molecule has 1 aromatic heterocycles. The van der Waals surface area contributed by atoms with Crippen LogP contribution in [0.4, 0.5) is 11.4 Å². The van der Waals surface area contributed by atoms with Crippen molar-refractivity contribution < 1.29 is 4.74 Å². The quantitative estimate of drug-likeness (QED) is 0.738. The van der Waals surface area contributed by atoms with Crippen LogP contribution < -0.4 is 10.1 Å². The second kappa shape index (κ2) is 7.67. The highest BCUT2D eigenvalue weighted by atomic mass is 35.5. The Bertz CT molecular complexity index is 903. The molecule has 4 nitrogen and oxygen atoms in total. The molecule has 0 unspecified atom stereocenters. The van der Waals surface area contributed by atoms with E-state index in [9.17, 15) is 5.26 Å². The van der Waals surface area contributed by atoms with Crippen LogP contribution in [-0.4, -0.2) is 12.1 Å². The van der Waals surface area contributed by atoms with Gasteiger partial charge in [0.25, 0.3) is 0 Å².